The van der Waals surface area contributed by atoms with Gasteiger partial charge in [-0.1, -0.05) is 23.8 Å². The van der Waals surface area contributed by atoms with Crippen LogP contribution in [-0.4, -0.2) is 23.0 Å². The average molecular weight is 307 g/mol. The van der Waals surface area contributed by atoms with Gasteiger partial charge in [0.15, 0.2) is 0 Å². The molecule has 0 spiro atoms. The lowest BCUT2D eigenvalue weighted by atomic mass is 10.1. The van der Waals surface area contributed by atoms with Gasteiger partial charge in [-0.3, -0.25) is 9.98 Å². The number of hydrogen-bond acceptors (Lipinski definition) is 3. The Morgan fingerprint density at radius 2 is 1.48 bits per heavy atom. The second-order valence-corrected chi connectivity index (χ2v) is 6.92. The summed E-state index contributed by atoms with van der Waals surface area (Å²) in [5.41, 5.74) is 6.24. The van der Waals surface area contributed by atoms with Crippen molar-refractivity contribution >= 4 is 18.1 Å². The molecule has 0 aliphatic carbocycles. The number of nitrogens with zero attached hydrogens (tertiary/aromatic N) is 3. The van der Waals surface area contributed by atoms with Gasteiger partial charge in [-0.05, 0) is 64.8 Å². The molecular weight excluding hydrogens is 282 g/mol. The quantitative estimate of drug-likeness (QED) is 0.737. The van der Waals surface area contributed by atoms with Crippen molar-refractivity contribution in [1.82, 2.24) is 4.98 Å². The van der Waals surface area contributed by atoms with Crippen molar-refractivity contribution in [2.24, 2.45) is 9.98 Å². The number of aliphatic imine (C=N–C) groups is 2. The Morgan fingerprint density at radius 3 is 2.04 bits per heavy atom. The summed E-state index contributed by atoms with van der Waals surface area (Å²) in [5, 5.41) is 0. The summed E-state index contributed by atoms with van der Waals surface area (Å²) in [7, 11) is 0. The van der Waals surface area contributed by atoms with Crippen LogP contribution in [0.3, 0.4) is 0 Å². The van der Waals surface area contributed by atoms with E-state index < -0.39 is 0 Å². The van der Waals surface area contributed by atoms with E-state index in [-0.39, 0.29) is 5.54 Å². The molecule has 0 unspecified atom stereocenters. The van der Waals surface area contributed by atoms with Crippen LogP contribution in [0.1, 0.15) is 48.8 Å². The third-order valence-corrected chi connectivity index (χ3v) is 3.34. The molecule has 0 saturated heterocycles. The lowest BCUT2D eigenvalue weighted by Crippen LogP contribution is -2.10. The van der Waals surface area contributed by atoms with Crippen molar-refractivity contribution in [3.8, 4) is 0 Å². The second kappa shape index (κ2) is 6.86. The zero-order chi connectivity index (χ0) is 17.0. The van der Waals surface area contributed by atoms with E-state index in [4.69, 9.17) is 0 Å². The van der Waals surface area contributed by atoms with Gasteiger partial charge in [-0.15, -0.1) is 0 Å². The predicted molar refractivity (Wildman–Crippen MR) is 99.5 cm³/mol. The zero-order valence-electron chi connectivity index (χ0n) is 14.9. The van der Waals surface area contributed by atoms with Crippen molar-refractivity contribution in [3.63, 3.8) is 0 Å². The number of rotatable bonds is 3. The molecule has 0 saturated carbocycles. The van der Waals surface area contributed by atoms with Crippen LogP contribution in [0.2, 0.25) is 0 Å². The lowest BCUT2D eigenvalue weighted by Gasteiger charge is -2.10. The van der Waals surface area contributed by atoms with Crippen LogP contribution >= 0.6 is 0 Å². The van der Waals surface area contributed by atoms with Gasteiger partial charge >= 0.3 is 0 Å². The van der Waals surface area contributed by atoms with E-state index in [2.05, 4.69) is 68.6 Å². The Hall–Kier alpha value is -2.29. The molecule has 0 aliphatic heterocycles. The van der Waals surface area contributed by atoms with E-state index in [1.54, 1.807) is 0 Å². The topological polar surface area (TPSA) is 37.6 Å². The maximum atomic E-state index is 4.63. The first-order valence-electron chi connectivity index (χ1n) is 7.89. The fourth-order valence-corrected chi connectivity index (χ4v) is 2.38. The largest absolute Gasteiger partial charge is 0.285 e. The Morgan fingerprint density at radius 1 is 0.913 bits per heavy atom. The van der Waals surface area contributed by atoms with Gasteiger partial charge in [0.05, 0.1) is 28.8 Å². The molecule has 0 fully saturated rings. The summed E-state index contributed by atoms with van der Waals surface area (Å²) in [4.78, 5) is 13.7. The minimum Gasteiger partial charge on any atom is -0.285 e. The monoisotopic (exact) mass is 307 g/mol. The molecule has 0 atom stereocenters. The predicted octanol–water partition coefficient (Wildman–Crippen LogP) is 4.97. The lowest BCUT2D eigenvalue weighted by molar-refractivity contribution is 0.586. The summed E-state index contributed by atoms with van der Waals surface area (Å²) in [6.07, 6.45) is 3.64. The highest BCUT2D eigenvalue weighted by Crippen LogP contribution is 2.24. The second-order valence-electron chi connectivity index (χ2n) is 6.92. The number of aromatic nitrogens is 1. The summed E-state index contributed by atoms with van der Waals surface area (Å²) >= 11 is 0. The molecule has 23 heavy (non-hydrogen) atoms. The summed E-state index contributed by atoms with van der Waals surface area (Å²) in [6, 6.07) is 10.2. The molecule has 0 N–H and O–H groups in total. The molecule has 2 rings (SSSR count). The van der Waals surface area contributed by atoms with Crippen LogP contribution in [0.5, 0.6) is 0 Å². The summed E-state index contributed by atoms with van der Waals surface area (Å²) in [6.45, 7) is 12.5. The number of hydrogen-bond donors (Lipinski definition) is 0. The molecule has 1 heterocycles. The summed E-state index contributed by atoms with van der Waals surface area (Å²) < 4.78 is 0. The van der Waals surface area contributed by atoms with Crippen molar-refractivity contribution < 1.29 is 0 Å². The molecule has 1 aromatic carbocycles. The standard InChI is InChI=1S/C20H25N3/c1-14-10-15(2)19(16(3)11-14)21-12-17-8-7-9-18(23-17)13-22-20(4,5)6/h7-13H,1-6H3/b21-12+,22-13+. The average Bonchev–Trinajstić information content (AvgIpc) is 2.44. The van der Waals surface area contributed by atoms with Crippen LogP contribution in [0.25, 0.3) is 0 Å². The molecule has 1 aromatic heterocycles. The van der Waals surface area contributed by atoms with Gasteiger partial charge in [0, 0.05) is 6.21 Å². The van der Waals surface area contributed by atoms with E-state index >= 15 is 0 Å². The van der Waals surface area contributed by atoms with Crippen LogP contribution in [-0.2, 0) is 0 Å². The van der Waals surface area contributed by atoms with E-state index in [0.29, 0.717) is 0 Å². The SMILES string of the molecule is Cc1cc(C)c(/N=C/c2cccc(/C=N/C(C)(C)C)n2)c(C)c1. The van der Waals surface area contributed by atoms with Crippen molar-refractivity contribution in [2.75, 3.05) is 0 Å². The van der Waals surface area contributed by atoms with Crippen molar-refractivity contribution in [3.05, 3.63) is 58.4 Å². The van der Waals surface area contributed by atoms with Crippen molar-refractivity contribution in [2.45, 2.75) is 47.1 Å². The van der Waals surface area contributed by atoms with Gasteiger partial charge in [-0.25, -0.2) is 4.98 Å². The van der Waals surface area contributed by atoms with Crippen LogP contribution in [0.15, 0.2) is 40.3 Å². The molecular formula is C20H25N3. The zero-order valence-corrected chi connectivity index (χ0v) is 14.9. The van der Waals surface area contributed by atoms with Crippen LogP contribution in [0, 0.1) is 20.8 Å². The van der Waals surface area contributed by atoms with Gasteiger partial charge in [0.25, 0.3) is 0 Å². The first kappa shape index (κ1) is 17.1. The van der Waals surface area contributed by atoms with Crippen molar-refractivity contribution in [1.29, 1.82) is 0 Å². The Bertz CT molecular complexity index is 727. The van der Waals surface area contributed by atoms with Gasteiger partial charge < -0.3 is 0 Å². The van der Waals surface area contributed by atoms with E-state index in [0.717, 1.165) is 17.1 Å². The van der Waals surface area contributed by atoms with Gasteiger partial charge in [-0.2, -0.15) is 0 Å². The maximum absolute atomic E-state index is 4.63. The third kappa shape index (κ3) is 5.13. The first-order valence-corrected chi connectivity index (χ1v) is 7.89. The Kier molecular flexibility index (Phi) is 5.09. The minimum atomic E-state index is -0.0953. The first-order chi connectivity index (χ1) is 10.7. The fraction of sp³-hybridized carbons (Fsp3) is 0.350. The normalized spacial score (nSPS) is 12.4. The Balaban J connectivity index is 2.26. The highest BCUT2D eigenvalue weighted by Gasteiger charge is 2.05. The Labute approximate surface area is 139 Å². The maximum Gasteiger partial charge on any atom is 0.0820 e. The molecule has 3 heteroatoms. The number of aryl methyl sites for hydroxylation is 3. The highest BCUT2D eigenvalue weighted by atomic mass is 14.8. The van der Waals surface area contributed by atoms with E-state index in [9.17, 15) is 0 Å². The molecule has 0 bridgehead atoms. The summed E-state index contributed by atoms with van der Waals surface area (Å²) in [5.74, 6) is 0. The van der Waals surface area contributed by atoms with Gasteiger partial charge in [0.1, 0.15) is 0 Å². The minimum absolute atomic E-state index is 0.0953. The number of benzene rings is 1. The molecule has 0 aliphatic rings. The smallest absolute Gasteiger partial charge is 0.0820 e. The molecule has 0 radical (unpaired) electrons. The molecule has 3 nitrogen and oxygen atoms in total. The van der Waals surface area contributed by atoms with E-state index in [1.807, 2.05) is 30.6 Å². The molecule has 2 aromatic rings. The van der Waals surface area contributed by atoms with Gasteiger partial charge in [0.2, 0.25) is 0 Å². The van der Waals surface area contributed by atoms with Crippen LogP contribution < -0.4 is 0 Å². The fourth-order valence-electron chi connectivity index (χ4n) is 2.38. The van der Waals surface area contributed by atoms with Crippen LogP contribution in [0.4, 0.5) is 5.69 Å². The number of pyridine rings is 1. The molecule has 120 valence electrons. The van der Waals surface area contributed by atoms with E-state index in [1.165, 1.54) is 16.7 Å². The third-order valence-electron chi connectivity index (χ3n) is 3.34. The highest BCUT2D eigenvalue weighted by molar-refractivity contribution is 5.83. The molecule has 0 amide bonds.